The second-order valence-electron chi connectivity index (χ2n) is 3.89. The maximum atomic E-state index is 11.1. The third-order valence-electron chi connectivity index (χ3n) is 2.67. The molecule has 0 radical (unpaired) electrons. The van der Waals surface area contributed by atoms with Crippen molar-refractivity contribution in [3.05, 3.63) is 65.1 Å². The van der Waals surface area contributed by atoms with Gasteiger partial charge in [-0.25, -0.2) is 0 Å². The molecule has 0 bridgehead atoms. The van der Waals surface area contributed by atoms with Crippen LogP contribution in [0.5, 0.6) is 0 Å². The van der Waals surface area contributed by atoms with Gasteiger partial charge in [-0.05, 0) is 23.8 Å². The Bertz CT molecular complexity index is 537. The van der Waals surface area contributed by atoms with Gasteiger partial charge in [0.2, 0.25) is 0 Å². The summed E-state index contributed by atoms with van der Waals surface area (Å²) in [6.07, 6.45) is 1.62. The van der Waals surface area contributed by atoms with E-state index in [1.54, 1.807) is 42.6 Å². The Labute approximate surface area is 120 Å². The quantitative estimate of drug-likeness (QED) is 0.683. The summed E-state index contributed by atoms with van der Waals surface area (Å²) in [4.78, 5) is 4.13. The molecule has 0 saturated heterocycles. The fraction of sp³-hybridized carbons (Fsp3) is 0.154. The van der Waals surface area contributed by atoms with E-state index in [4.69, 9.17) is 28.4 Å². The van der Waals surface area contributed by atoms with Crippen molar-refractivity contribution < 1.29 is 5.21 Å². The Morgan fingerprint density at radius 1 is 1.05 bits per heavy atom. The highest BCUT2D eigenvalue weighted by molar-refractivity contribution is 6.30. The highest BCUT2D eigenvalue weighted by Crippen LogP contribution is 2.41. The van der Waals surface area contributed by atoms with Crippen LogP contribution in [0.15, 0.2) is 48.7 Å². The van der Waals surface area contributed by atoms with Crippen LogP contribution < -0.4 is 5.23 Å². The first-order valence-corrected chi connectivity index (χ1v) is 6.42. The molecule has 0 aliphatic carbocycles. The average Bonchev–Trinajstić information content (AvgIpc) is 2.46. The predicted octanol–water partition coefficient (Wildman–Crippen LogP) is 4.04. The summed E-state index contributed by atoms with van der Waals surface area (Å²) in [5.74, 6) is 0. The van der Waals surface area contributed by atoms with E-state index < -0.39 is 10.8 Å². The second-order valence-corrected chi connectivity index (χ2v) is 4.83. The van der Waals surface area contributed by atoms with Crippen LogP contribution in [0, 0.1) is 5.21 Å². The van der Waals surface area contributed by atoms with Gasteiger partial charge in [-0.15, -0.1) is 23.2 Å². The zero-order valence-electron chi connectivity index (χ0n) is 9.78. The van der Waals surface area contributed by atoms with Crippen molar-refractivity contribution >= 4 is 28.9 Å². The minimum absolute atomic E-state index is 0.0732. The maximum absolute atomic E-state index is 11.1. The molecule has 4 nitrogen and oxygen atoms in total. The van der Waals surface area contributed by atoms with Gasteiger partial charge in [0.15, 0.2) is 0 Å². The van der Waals surface area contributed by atoms with Crippen LogP contribution in [0.4, 0.5) is 5.69 Å². The summed E-state index contributed by atoms with van der Waals surface area (Å²) in [6.45, 7) is 0. The second kappa shape index (κ2) is 6.21. The summed E-state index contributed by atoms with van der Waals surface area (Å²) in [5, 5.41) is 18.6. The monoisotopic (exact) mass is 297 g/mol. The van der Waals surface area contributed by atoms with E-state index in [9.17, 15) is 5.21 Å². The van der Waals surface area contributed by atoms with Crippen LogP contribution in [-0.4, -0.2) is 10.2 Å². The fourth-order valence-electron chi connectivity index (χ4n) is 1.74. The summed E-state index contributed by atoms with van der Waals surface area (Å²) < 4.78 is 0. The van der Waals surface area contributed by atoms with Crippen LogP contribution in [0.25, 0.3) is 0 Å². The lowest BCUT2D eigenvalue weighted by molar-refractivity contribution is 0.295. The molecular formula is C13H11Cl2N2O2-. The maximum Gasteiger partial charge on any atom is 0.0962 e. The van der Waals surface area contributed by atoms with Gasteiger partial charge in [-0.2, -0.15) is 0 Å². The smallest absolute Gasteiger partial charge is 0.0962 e. The summed E-state index contributed by atoms with van der Waals surface area (Å²) >= 11 is 12.6. The van der Waals surface area contributed by atoms with Crippen LogP contribution >= 0.6 is 23.2 Å². The van der Waals surface area contributed by atoms with E-state index in [0.717, 1.165) is 0 Å². The number of benzene rings is 1. The molecule has 1 aromatic heterocycles. The van der Waals surface area contributed by atoms with Crippen molar-refractivity contribution in [2.24, 2.45) is 0 Å². The highest BCUT2D eigenvalue weighted by atomic mass is 35.5. The zero-order valence-corrected chi connectivity index (χ0v) is 11.3. The lowest BCUT2D eigenvalue weighted by atomic mass is 10.0. The lowest BCUT2D eigenvalue weighted by Gasteiger charge is -2.27. The topological polar surface area (TPSA) is 59.4 Å². The molecule has 2 aromatic rings. The predicted molar refractivity (Wildman–Crippen MR) is 75.5 cm³/mol. The number of rotatable bonds is 4. The number of hydrogen-bond donors (Lipinski definition) is 1. The van der Waals surface area contributed by atoms with Gasteiger partial charge in [-0.3, -0.25) is 10.2 Å². The molecule has 19 heavy (non-hydrogen) atoms. The Balaban J connectivity index is 2.32. The normalized spacial score (nSPS) is 13.9. The molecule has 1 N–H and O–H groups in total. The Hall–Kier alpha value is -1.33. The van der Waals surface area contributed by atoms with Gasteiger partial charge in [0.25, 0.3) is 0 Å². The van der Waals surface area contributed by atoms with Crippen LogP contribution in [0.3, 0.4) is 0 Å². The van der Waals surface area contributed by atoms with E-state index in [1.165, 1.54) is 6.07 Å². The van der Waals surface area contributed by atoms with Gasteiger partial charge < -0.3 is 10.4 Å². The molecule has 0 fully saturated rings. The Morgan fingerprint density at radius 2 is 1.74 bits per heavy atom. The first-order chi connectivity index (χ1) is 9.11. The Kier molecular flexibility index (Phi) is 4.61. The molecule has 0 aliphatic heterocycles. The van der Waals surface area contributed by atoms with Gasteiger partial charge in [-0.1, -0.05) is 24.3 Å². The number of anilines is 1. The third kappa shape index (κ3) is 3.16. The molecule has 2 rings (SSSR count). The summed E-state index contributed by atoms with van der Waals surface area (Å²) in [7, 11) is 0. The van der Waals surface area contributed by atoms with Crippen LogP contribution in [-0.2, 0) is 0 Å². The number of aromatic nitrogens is 1. The molecule has 0 amide bonds. The van der Waals surface area contributed by atoms with Crippen LogP contribution in [0.1, 0.15) is 22.0 Å². The average molecular weight is 298 g/mol. The largest absolute Gasteiger partial charge is 0.733 e. The fourth-order valence-corrected chi connectivity index (χ4v) is 2.32. The molecule has 0 spiro atoms. The number of pyridine rings is 1. The lowest BCUT2D eigenvalue weighted by Crippen LogP contribution is -2.12. The standard InChI is InChI=1S/C13H11Cl2N2O2/c14-12(13(15)10-6-3-4-8-16-10)9-5-1-2-7-11(9)17(18)19/h1-8,12-13,18H/q-1/t12-,13-/m1/s1. The zero-order chi connectivity index (χ0) is 13.8. The first kappa shape index (κ1) is 14.1. The van der Waals surface area contributed by atoms with Crippen molar-refractivity contribution in [2.45, 2.75) is 10.8 Å². The van der Waals surface area contributed by atoms with Crippen LogP contribution in [0.2, 0.25) is 0 Å². The molecule has 0 aliphatic rings. The Morgan fingerprint density at radius 3 is 2.37 bits per heavy atom. The van der Waals surface area contributed by atoms with Crippen molar-refractivity contribution in [3.63, 3.8) is 0 Å². The van der Waals surface area contributed by atoms with Crippen molar-refractivity contribution in [1.29, 1.82) is 0 Å². The van der Waals surface area contributed by atoms with Gasteiger partial charge in [0.1, 0.15) is 0 Å². The SMILES string of the molecule is [O-]N(O)c1ccccc1[C@@H](Cl)[C@H](Cl)c1ccccn1. The third-order valence-corrected chi connectivity index (χ3v) is 3.76. The molecule has 2 atom stereocenters. The molecule has 1 heterocycles. The molecule has 100 valence electrons. The minimum Gasteiger partial charge on any atom is -0.733 e. The molecule has 0 unspecified atom stereocenters. The van der Waals surface area contributed by atoms with E-state index in [1.807, 2.05) is 0 Å². The number of nitrogens with zero attached hydrogens (tertiary/aromatic N) is 2. The summed E-state index contributed by atoms with van der Waals surface area (Å²) in [5.41, 5.74) is 1.13. The first-order valence-electron chi connectivity index (χ1n) is 5.55. The summed E-state index contributed by atoms with van der Waals surface area (Å²) in [6, 6.07) is 11.8. The van der Waals surface area contributed by atoms with Crippen molar-refractivity contribution in [1.82, 2.24) is 4.98 Å². The molecule has 6 heteroatoms. The molecule has 0 saturated carbocycles. The van der Waals surface area contributed by atoms with Crippen molar-refractivity contribution in [2.75, 3.05) is 5.23 Å². The van der Waals surface area contributed by atoms with E-state index >= 15 is 0 Å². The van der Waals surface area contributed by atoms with Gasteiger partial charge in [0, 0.05) is 6.20 Å². The number of alkyl halides is 2. The van der Waals surface area contributed by atoms with E-state index in [0.29, 0.717) is 11.3 Å². The van der Waals surface area contributed by atoms with Crippen molar-refractivity contribution in [3.8, 4) is 0 Å². The van der Waals surface area contributed by atoms with Gasteiger partial charge >= 0.3 is 0 Å². The number of hydrogen-bond acceptors (Lipinski definition) is 4. The number of halogens is 2. The molecular weight excluding hydrogens is 287 g/mol. The van der Waals surface area contributed by atoms with E-state index in [-0.39, 0.29) is 10.9 Å². The minimum atomic E-state index is -0.684. The molecule has 1 aromatic carbocycles. The van der Waals surface area contributed by atoms with Gasteiger partial charge in [0.05, 0.1) is 22.1 Å². The number of para-hydroxylation sites is 1. The highest BCUT2D eigenvalue weighted by Gasteiger charge is 2.24. The van der Waals surface area contributed by atoms with E-state index in [2.05, 4.69) is 4.98 Å².